The normalized spacial score (nSPS) is 21.4. The van der Waals surface area contributed by atoms with Crippen LogP contribution in [0.25, 0.3) is 11.4 Å². The molecule has 2 heterocycles. The Hall–Kier alpha value is -2.74. The number of amides is 1. The standard InChI is InChI=1S/C20H24N4O4/c1-12-18(19(23-28-12)16-4-2-3-7-21-16)20(27)22-14-8-15(9-14)24(11-17(25)26)10-13-5-6-13/h2-4,7,13-15H,5-6,8-11H2,1H3,(H,22,27)(H,25,26). The summed E-state index contributed by atoms with van der Waals surface area (Å²) < 4.78 is 5.23. The molecule has 2 saturated carbocycles. The molecular formula is C20H24N4O4. The topological polar surface area (TPSA) is 109 Å². The Balaban J connectivity index is 1.38. The Kier molecular flexibility index (Phi) is 5.13. The van der Waals surface area contributed by atoms with E-state index in [4.69, 9.17) is 9.63 Å². The molecule has 0 atom stereocenters. The molecule has 8 heteroatoms. The average molecular weight is 384 g/mol. The van der Waals surface area contributed by atoms with Gasteiger partial charge in [-0.3, -0.25) is 19.5 Å². The zero-order valence-electron chi connectivity index (χ0n) is 15.8. The Morgan fingerprint density at radius 3 is 2.75 bits per heavy atom. The van der Waals surface area contributed by atoms with Crippen molar-refractivity contribution in [3.05, 3.63) is 35.7 Å². The molecule has 0 saturated heterocycles. The van der Waals surface area contributed by atoms with Crippen LogP contribution in [0.15, 0.2) is 28.9 Å². The Bertz CT molecular complexity index is 856. The molecule has 2 N–H and O–H groups in total. The van der Waals surface area contributed by atoms with E-state index < -0.39 is 5.97 Å². The second-order valence-corrected chi connectivity index (χ2v) is 7.74. The summed E-state index contributed by atoms with van der Waals surface area (Å²) >= 11 is 0. The first-order chi connectivity index (χ1) is 13.5. The molecule has 0 spiro atoms. The van der Waals surface area contributed by atoms with Crippen molar-refractivity contribution in [3.8, 4) is 11.4 Å². The van der Waals surface area contributed by atoms with E-state index in [1.54, 1.807) is 25.3 Å². The van der Waals surface area contributed by atoms with Crippen molar-refractivity contribution in [1.82, 2.24) is 20.4 Å². The van der Waals surface area contributed by atoms with Gasteiger partial charge in [0.2, 0.25) is 0 Å². The lowest BCUT2D eigenvalue weighted by molar-refractivity contribution is -0.139. The maximum absolute atomic E-state index is 12.8. The zero-order chi connectivity index (χ0) is 19.7. The van der Waals surface area contributed by atoms with Crippen molar-refractivity contribution in [3.63, 3.8) is 0 Å². The summed E-state index contributed by atoms with van der Waals surface area (Å²) in [6.45, 7) is 2.62. The highest BCUT2D eigenvalue weighted by Gasteiger charge is 2.38. The summed E-state index contributed by atoms with van der Waals surface area (Å²) in [7, 11) is 0. The minimum absolute atomic E-state index is 0.0267. The minimum Gasteiger partial charge on any atom is -0.480 e. The number of rotatable bonds is 8. The van der Waals surface area contributed by atoms with Crippen LogP contribution in [0.4, 0.5) is 0 Å². The first kappa shape index (κ1) is 18.6. The molecule has 2 aromatic rings. The zero-order valence-corrected chi connectivity index (χ0v) is 15.8. The molecule has 28 heavy (non-hydrogen) atoms. The molecule has 0 bridgehead atoms. The van der Waals surface area contributed by atoms with E-state index in [0.717, 1.165) is 19.4 Å². The van der Waals surface area contributed by atoms with E-state index in [0.29, 0.717) is 28.6 Å². The average Bonchev–Trinajstić information content (AvgIpc) is 3.36. The molecule has 0 aliphatic heterocycles. The molecule has 0 radical (unpaired) electrons. The Morgan fingerprint density at radius 1 is 1.32 bits per heavy atom. The monoisotopic (exact) mass is 384 g/mol. The van der Waals surface area contributed by atoms with Gasteiger partial charge >= 0.3 is 5.97 Å². The van der Waals surface area contributed by atoms with Gasteiger partial charge in [0.05, 0.1) is 12.2 Å². The largest absolute Gasteiger partial charge is 0.480 e. The molecule has 2 aromatic heterocycles. The summed E-state index contributed by atoms with van der Waals surface area (Å²) in [5.74, 6) is 0.0619. The summed E-state index contributed by atoms with van der Waals surface area (Å²) in [4.78, 5) is 30.3. The van der Waals surface area contributed by atoms with Crippen LogP contribution < -0.4 is 5.32 Å². The van der Waals surface area contributed by atoms with Crippen molar-refractivity contribution >= 4 is 11.9 Å². The molecule has 1 amide bonds. The first-order valence-electron chi connectivity index (χ1n) is 9.65. The van der Waals surface area contributed by atoms with Gasteiger partial charge in [0.25, 0.3) is 5.91 Å². The number of nitrogens with one attached hydrogen (secondary N) is 1. The van der Waals surface area contributed by atoms with Crippen LogP contribution in [0.3, 0.4) is 0 Å². The van der Waals surface area contributed by atoms with Gasteiger partial charge in [-0.15, -0.1) is 0 Å². The van der Waals surface area contributed by atoms with Gasteiger partial charge in [-0.2, -0.15) is 0 Å². The lowest BCUT2D eigenvalue weighted by Gasteiger charge is -2.42. The highest BCUT2D eigenvalue weighted by molar-refractivity contribution is 6.00. The van der Waals surface area contributed by atoms with Gasteiger partial charge in [0, 0.05) is 24.8 Å². The molecular weight excluding hydrogens is 360 g/mol. The lowest BCUT2D eigenvalue weighted by Crippen LogP contribution is -2.55. The molecule has 0 unspecified atom stereocenters. The fourth-order valence-electron chi connectivity index (χ4n) is 3.73. The number of hydrogen-bond acceptors (Lipinski definition) is 6. The van der Waals surface area contributed by atoms with Crippen molar-refractivity contribution in [2.24, 2.45) is 5.92 Å². The quantitative estimate of drug-likeness (QED) is 0.717. The number of aliphatic carboxylic acids is 1. The van der Waals surface area contributed by atoms with E-state index in [1.165, 1.54) is 12.8 Å². The maximum Gasteiger partial charge on any atom is 0.317 e. The van der Waals surface area contributed by atoms with E-state index in [2.05, 4.69) is 15.5 Å². The van der Waals surface area contributed by atoms with Crippen LogP contribution in [0.5, 0.6) is 0 Å². The maximum atomic E-state index is 12.8. The summed E-state index contributed by atoms with van der Waals surface area (Å²) in [6, 6.07) is 5.66. The number of carboxylic acids is 1. The molecule has 0 aromatic carbocycles. The van der Waals surface area contributed by atoms with Crippen molar-refractivity contribution in [1.29, 1.82) is 0 Å². The van der Waals surface area contributed by atoms with E-state index >= 15 is 0 Å². The number of hydrogen-bond donors (Lipinski definition) is 2. The van der Waals surface area contributed by atoms with Crippen LogP contribution in [0, 0.1) is 12.8 Å². The second-order valence-electron chi connectivity index (χ2n) is 7.74. The first-order valence-corrected chi connectivity index (χ1v) is 9.65. The number of carboxylic acid groups (broad SMARTS) is 1. The predicted molar refractivity (Wildman–Crippen MR) is 101 cm³/mol. The van der Waals surface area contributed by atoms with Crippen LogP contribution in [0.1, 0.15) is 41.8 Å². The van der Waals surface area contributed by atoms with Crippen molar-refractivity contribution < 1.29 is 19.2 Å². The fraction of sp³-hybridized carbons (Fsp3) is 0.500. The van der Waals surface area contributed by atoms with Crippen LogP contribution >= 0.6 is 0 Å². The number of aryl methyl sites for hydroxylation is 1. The van der Waals surface area contributed by atoms with Gasteiger partial charge in [0.15, 0.2) is 0 Å². The number of pyridine rings is 1. The van der Waals surface area contributed by atoms with Gasteiger partial charge in [-0.1, -0.05) is 11.2 Å². The van der Waals surface area contributed by atoms with Gasteiger partial charge in [0.1, 0.15) is 17.0 Å². The van der Waals surface area contributed by atoms with Crippen LogP contribution in [-0.4, -0.2) is 57.2 Å². The van der Waals surface area contributed by atoms with Gasteiger partial charge < -0.3 is 14.9 Å². The van der Waals surface area contributed by atoms with Crippen LogP contribution in [0.2, 0.25) is 0 Å². The molecule has 148 valence electrons. The SMILES string of the molecule is Cc1onc(-c2ccccn2)c1C(=O)NC1CC(N(CC(=O)O)CC2CC2)C1. The number of nitrogens with zero attached hydrogens (tertiary/aromatic N) is 3. The van der Waals surface area contributed by atoms with E-state index in [-0.39, 0.29) is 24.5 Å². The predicted octanol–water partition coefficient (Wildman–Crippen LogP) is 2.10. The summed E-state index contributed by atoms with van der Waals surface area (Å²) in [5, 5.41) is 16.2. The highest BCUT2D eigenvalue weighted by Crippen LogP contribution is 2.34. The number of carbonyl (C=O) groups excluding carboxylic acids is 1. The van der Waals surface area contributed by atoms with Crippen molar-refractivity contribution in [2.75, 3.05) is 13.1 Å². The fourth-order valence-corrected chi connectivity index (χ4v) is 3.73. The molecule has 2 aliphatic rings. The number of carbonyl (C=O) groups is 2. The van der Waals surface area contributed by atoms with Gasteiger partial charge in [-0.05, 0) is 50.7 Å². The molecule has 2 aliphatic carbocycles. The second kappa shape index (κ2) is 7.71. The minimum atomic E-state index is -0.798. The summed E-state index contributed by atoms with van der Waals surface area (Å²) in [6.07, 6.45) is 5.54. The third kappa shape index (κ3) is 4.06. The third-order valence-electron chi connectivity index (χ3n) is 5.49. The Labute approximate surface area is 162 Å². The Morgan fingerprint density at radius 2 is 2.11 bits per heavy atom. The van der Waals surface area contributed by atoms with Crippen molar-refractivity contribution in [2.45, 2.75) is 44.7 Å². The summed E-state index contributed by atoms with van der Waals surface area (Å²) in [5.41, 5.74) is 1.43. The van der Waals surface area contributed by atoms with Gasteiger partial charge in [-0.25, -0.2) is 0 Å². The molecule has 8 nitrogen and oxygen atoms in total. The molecule has 2 fully saturated rings. The molecule has 4 rings (SSSR count). The van der Waals surface area contributed by atoms with E-state index in [1.807, 2.05) is 11.0 Å². The van der Waals surface area contributed by atoms with Crippen LogP contribution in [-0.2, 0) is 4.79 Å². The third-order valence-corrected chi connectivity index (χ3v) is 5.49. The lowest BCUT2D eigenvalue weighted by atomic mass is 9.85. The number of aromatic nitrogens is 2. The highest BCUT2D eigenvalue weighted by atomic mass is 16.5. The smallest absolute Gasteiger partial charge is 0.317 e. The van der Waals surface area contributed by atoms with E-state index in [9.17, 15) is 9.59 Å².